The second kappa shape index (κ2) is 9.67. The summed E-state index contributed by atoms with van der Waals surface area (Å²) in [7, 11) is 1.73. The number of fused-ring (bicyclic) bond motifs is 3. The van der Waals surface area contributed by atoms with Crippen LogP contribution in [0.15, 0.2) is 34.8 Å². The molecule has 3 aliphatic carbocycles. The number of likely N-dealkylation sites (tertiary alicyclic amines) is 1. The number of carbonyl (C=O) groups excluding carboxylic acids is 4. The van der Waals surface area contributed by atoms with Crippen LogP contribution in [0.4, 0.5) is 0 Å². The maximum Gasteiger partial charge on any atom is 0.255 e. The zero-order valence-corrected chi connectivity index (χ0v) is 21.6. The number of nitrogens with two attached hydrogens (primary N) is 1. The van der Waals surface area contributed by atoms with Crippen LogP contribution in [0.5, 0.6) is 5.75 Å². The number of hydrogen-bond acceptors (Lipinski definition) is 9. The van der Waals surface area contributed by atoms with E-state index in [1.807, 2.05) is 6.92 Å². The van der Waals surface area contributed by atoms with E-state index in [1.165, 1.54) is 6.07 Å². The summed E-state index contributed by atoms with van der Waals surface area (Å²) in [6.45, 7) is 4.23. The molecule has 4 aliphatic rings. The van der Waals surface area contributed by atoms with Gasteiger partial charge in [0, 0.05) is 11.1 Å². The number of aromatic hydroxyl groups is 1. The molecule has 38 heavy (non-hydrogen) atoms. The van der Waals surface area contributed by atoms with Gasteiger partial charge in [0.15, 0.2) is 17.3 Å². The van der Waals surface area contributed by atoms with Crippen molar-refractivity contribution >= 4 is 23.3 Å². The molecule has 1 aliphatic heterocycles. The first kappa shape index (κ1) is 26.1. The Labute approximate surface area is 220 Å². The average Bonchev–Trinajstić information content (AvgIpc) is 3.36. The lowest BCUT2D eigenvalue weighted by molar-refractivity contribution is -0.127. The number of benzene rings is 1. The summed E-state index contributed by atoms with van der Waals surface area (Å²) >= 11 is 0. The maximum atomic E-state index is 13.8. The van der Waals surface area contributed by atoms with Crippen LogP contribution in [0, 0.1) is 17.8 Å². The standard InChI is InChI=1S/C28H33N3O7/c1-3-30(2)23-16-11-13-10-15-14(18(33)12-31-8-4-5-9-31)6-7-17(32)20(15)24(34)19(13)25(35)21(16)26(36)22(27(23)37)28(29)38/h6-7,13,16,21,23,32,35,37H,3-5,8-12H2,1-2H3,(H2,29,38)/t13?,16?,21?,23-/m0/s1. The molecule has 1 aromatic carbocycles. The first-order valence-corrected chi connectivity index (χ1v) is 13.1. The molecular weight excluding hydrogens is 490 g/mol. The predicted molar refractivity (Wildman–Crippen MR) is 137 cm³/mol. The maximum absolute atomic E-state index is 13.8. The van der Waals surface area contributed by atoms with Crippen molar-refractivity contribution in [3.05, 3.63) is 51.5 Å². The number of carbonyl (C=O) groups is 4. The van der Waals surface area contributed by atoms with E-state index in [4.69, 9.17) is 5.73 Å². The molecule has 0 aromatic heterocycles. The molecule has 0 bridgehead atoms. The average molecular weight is 524 g/mol. The van der Waals surface area contributed by atoms with E-state index >= 15 is 0 Å². The topological polar surface area (TPSA) is 161 Å². The molecule has 1 fully saturated rings. The van der Waals surface area contributed by atoms with Crippen molar-refractivity contribution in [2.24, 2.45) is 23.5 Å². The fourth-order valence-corrected chi connectivity index (χ4v) is 6.86. The summed E-state index contributed by atoms with van der Waals surface area (Å²) in [5.74, 6) is -6.26. The highest BCUT2D eigenvalue weighted by Crippen LogP contribution is 2.50. The molecule has 1 saturated heterocycles. The van der Waals surface area contributed by atoms with Crippen LogP contribution in [-0.2, 0) is 16.0 Å². The van der Waals surface area contributed by atoms with Crippen LogP contribution >= 0.6 is 0 Å². The number of phenolic OH excluding ortho intramolecular Hbond substituents is 1. The van der Waals surface area contributed by atoms with Crippen molar-refractivity contribution in [1.82, 2.24) is 9.80 Å². The summed E-state index contributed by atoms with van der Waals surface area (Å²) in [6, 6.07) is 2.10. The fourth-order valence-electron chi connectivity index (χ4n) is 6.86. The first-order chi connectivity index (χ1) is 18.1. The van der Waals surface area contributed by atoms with Gasteiger partial charge in [-0.25, -0.2) is 0 Å². The van der Waals surface area contributed by atoms with Crippen molar-refractivity contribution in [2.45, 2.75) is 38.6 Å². The molecule has 5 N–H and O–H groups in total. The molecule has 3 unspecified atom stereocenters. The fraction of sp³-hybridized carbons (Fsp3) is 0.500. The van der Waals surface area contributed by atoms with Crippen molar-refractivity contribution < 1.29 is 34.5 Å². The molecule has 1 heterocycles. The molecule has 1 amide bonds. The van der Waals surface area contributed by atoms with E-state index in [1.54, 1.807) is 18.0 Å². The molecule has 4 atom stereocenters. The molecule has 5 rings (SSSR count). The SMILES string of the molecule is CCN(C)[C@@H]1C(O)=C(C(N)=O)C(=O)C2C(O)=C3C(=O)c4c(O)ccc(C(=O)CN5CCCC5)c4CC3CC21. The number of ketones is 3. The number of Topliss-reactive ketones (excluding diaryl/α,β-unsaturated/α-hetero) is 3. The van der Waals surface area contributed by atoms with Gasteiger partial charge in [0.05, 0.1) is 24.1 Å². The van der Waals surface area contributed by atoms with Crippen molar-refractivity contribution in [3.8, 4) is 5.75 Å². The van der Waals surface area contributed by atoms with E-state index in [2.05, 4.69) is 4.90 Å². The molecular formula is C28H33N3O7. The lowest BCUT2D eigenvalue weighted by atomic mass is 9.60. The lowest BCUT2D eigenvalue weighted by Gasteiger charge is -2.46. The number of aliphatic hydroxyl groups excluding tert-OH is 2. The van der Waals surface area contributed by atoms with Gasteiger partial charge in [0.2, 0.25) is 0 Å². The molecule has 10 nitrogen and oxygen atoms in total. The van der Waals surface area contributed by atoms with Gasteiger partial charge in [0.1, 0.15) is 22.8 Å². The van der Waals surface area contributed by atoms with Gasteiger partial charge in [-0.15, -0.1) is 0 Å². The number of hydrogen-bond donors (Lipinski definition) is 4. The lowest BCUT2D eigenvalue weighted by Crippen LogP contribution is -2.54. The van der Waals surface area contributed by atoms with Gasteiger partial charge in [0.25, 0.3) is 5.91 Å². The Hall–Kier alpha value is -3.50. The first-order valence-electron chi connectivity index (χ1n) is 13.1. The summed E-state index contributed by atoms with van der Waals surface area (Å²) < 4.78 is 0. The highest BCUT2D eigenvalue weighted by molar-refractivity contribution is 6.22. The van der Waals surface area contributed by atoms with Crippen molar-refractivity contribution in [2.75, 3.05) is 33.2 Å². The number of primary amides is 1. The molecule has 0 spiro atoms. The largest absolute Gasteiger partial charge is 0.511 e. The second-order valence-corrected chi connectivity index (χ2v) is 10.8. The Bertz CT molecular complexity index is 1310. The molecule has 10 heteroatoms. The van der Waals surface area contributed by atoms with Gasteiger partial charge in [-0.05, 0) is 81.9 Å². The molecule has 202 valence electrons. The van der Waals surface area contributed by atoms with Crippen molar-refractivity contribution in [1.29, 1.82) is 0 Å². The summed E-state index contributed by atoms with van der Waals surface area (Å²) in [5, 5.41) is 33.0. The normalized spacial score (nSPS) is 27.4. The van der Waals surface area contributed by atoms with Gasteiger partial charge in [-0.1, -0.05) is 6.92 Å². The third-order valence-electron chi connectivity index (χ3n) is 8.73. The van der Waals surface area contributed by atoms with E-state index in [0.717, 1.165) is 25.9 Å². The van der Waals surface area contributed by atoms with Crippen LogP contribution in [0.3, 0.4) is 0 Å². The molecule has 1 aromatic rings. The number of likely N-dealkylation sites (N-methyl/N-ethyl adjacent to an activating group) is 1. The van der Waals surface area contributed by atoms with Crippen molar-refractivity contribution in [3.63, 3.8) is 0 Å². The third-order valence-corrected chi connectivity index (χ3v) is 8.73. The minimum Gasteiger partial charge on any atom is -0.511 e. The highest BCUT2D eigenvalue weighted by Gasteiger charge is 2.54. The Morgan fingerprint density at radius 2 is 1.79 bits per heavy atom. The number of amides is 1. The van der Waals surface area contributed by atoms with E-state index in [0.29, 0.717) is 17.7 Å². The molecule has 0 saturated carbocycles. The number of phenols is 1. The van der Waals surface area contributed by atoms with Gasteiger partial charge >= 0.3 is 0 Å². The Kier molecular flexibility index (Phi) is 6.65. The minimum atomic E-state index is -1.23. The van der Waals surface area contributed by atoms with Crippen LogP contribution in [-0.4, -0.2) is 87.6 Å². The number of allylic oxidation sites excluding steroid dienone is 2. The second-order valence-electron chi connectivity index (χ2n) is 10.8. The number of nitrogens with zero attached hydrogens (tertiary/aromatic N) is 2. The summed E-state index contributed by atoms with van der Waals surface area (Å²) in [5.41, 5.74) is 5.66. The minimum absolute atomic E-state index is 0.00894. The van der Waals surface area contributed by atoms with Gasteiger partial charge in [-0.2, -0.15) is 0 Å². The van der Waals surface area contributed by atoms with Crippen LogP contribution in [0.25, 0.3) is 0 Å². The monoisotopic (exact) mass is 523 g/mol. The van der Waals surface area contributed by atoms with E-state index in [9.17, 15) is 34.5 Å². The smallest absolute Gasteiger partial charge is 0.255 e. The Morgan fingerprint density at radius 1 is 1.11 bits per heavy atom. The zero-order valence-electron chi connectivity index (χ0n) is 21.6. The van der Waals surface area contributed by atoms with E-state index in [-0.39, 0.29) is 42.1 Å². The number of aliphatic hydroxyl groups is 2. The van der Waals surface area contributed by atoms with Crippen LogP contribution in [0.1, 0.15) is 52.5 Å². The predicted octanol–water partition coefficient (Wildman–Crippen LogP) is 1.67. The van der Waals surface area contributed by atoms with E-state index < -0.39 is 58.4 Å². The quantitative estimate of drug-likeness (QED) is 0.321. The van der Waals surface area contributed by atoms with Crippen LogP contribution < -0.4 is 5.73 Å². The summed E-state index contributed by atoms with van der Waals surface area (Å²) in [6.07, 6.45) is 2.52. The Morgan fingerprint density at radius 3 is 2.42 bits per heavy atom. The Balaban J connectivity index is 1.60. The van der Waals surface area contributed by atoms with Gasteiger partial charge < -0.3 is 21.1 Å². The zero-order chi connectivity index (χ0) is 27.5. The van der Waals surface area contributed by atoms with Gasteiger partial charge in [-0.3, -0.25) is 29.0 Å². The van der Waals surface area contributed by atoms with Crippen LogP contribution in [0.2, 0.25) is 0 Å². The molecule has 0 radical (unpaired) electrons. The number of rotatable bonds is 6. The highest BCUT2D eigenvalue weighted by atomic mass is 16.3. The summed E-state index contributed by atoms with van der Waals surface area (Å²) in [4.78, 5) is 56.3. The third kappa shape index (κ3) is 3.94.